The minimum atomic E-state index is -1.03. The molecule has 18 heavy (non-hydrogen) atoms. The first-order valence-corrected chi connectivity index (χ1v) is 6.06. The van der Waals surface area contributed by atoms with Crippen LogP contribution in [0.3, 0.4) is 0 Å². The fourth-order valence-electron chi connectivity index (χ4n) is 1.95. The highest BCUT2D eigenvalue weighted by molar-refractivity contribution is 5.82. The normalized spacial score (nSPS) is 24.3. The summed E-state index contributed by atoms with van der Waals surface area (Å²) in [5.41, 5.74) is 0. The van der Waals surface area contributed by atoms with Crippen LogP contribution in [0.4, 0.5) is 0 Å². The van der Waals surface area contributed by atoms with E-state index in [2.05, 4.69) is 6.07 Å². The van der Waals surface area contributed by atoms with Gasteiger partial charge in [0.2, 0.25) is 0 Å². The first kappa shape index (κ1) is 14.5. The van der Waals surface area contributed by atoms with E-state index in [9.17, 15) is 9.59 Å². The van der Waals surface area contributed by atoms with Crippen molar-refractivity contribution in [3.8, 4) is 6.07 Å². The van der Waals surface area contributed by atoms with E-state index < -0.39 is 18.2 Å². The van der Waals surface area contributed by atoms with Crippen molar-refractivity contribution in [3.05, 3.63) is 0 Å². The van der Waals surface area contributed by atoms with Gasteiger partial charge >= 0.3 is 5.97 Å². The Morgan fingerprint density at radius 3 is 2.56 bits per heavy atom. The monoisotopic (exact) mass is 254 g/mol. The standard InChI is InChI=1S/C12H18N2O4/c1-3-14(7-8(2)6-13)11(15)9-4-5-10(18-9)12(16)17/h8-10H,3-5,7H2,1-2H3,(H,16,17). The van der Waals surface area contributed by atoms with Gasteiger partial charge in [-0.15, -0.1) is 0 Å². The molecule has 3 unspecified atom stereocenters. The lowest BCUT2D eigenvalue weighted by Crippen LogP contribution is -2.41. The van der Waals surface area contributed by atoms with Crippen molar-refractivity contribution in [1.29, 1.82) is 5.26 Å². The Kier molecular flexibility index (Phi) is 5.10. The second-order valence-electron chi connectivity index (χ2n) is 4.44. The van der Waals surface area contributed by atoms with Gasteiger partial charge in [-0.2, -0.15) is 5.26 Å². The molecule has 1 aliphatic heterocycles. The number of carboxylic acid groups (broad SMARTS) is 1. The number of nitriles is 1. The largest absolute Gasteiger partial charge is 0.479 e. The fourth-order valence-corrected chi connectivity index (χ4v) is 1.95. The number of aliphatic carboxylic acids is 1. The molecule has 1 amide bonds. The number of rotatable bonds is 5. The molecule has 0 saturated carbocycles. The average molecular weight is 254 g/mol. The van der Waals surface area contributed by atoms with E-state index in [4.69, 9.17) is 15.1 Å². The van der Waals surface area contributed by atoms with E-state index in [1.54, 1.807) is 11.8 Å². The summed E-state index contributed by atoms with van der Waals surface area (Å²) in [6.07, 6.45) is -0.785. The van der Waals surface area contributed by atoms with Gasteiger partial charge in [-0.3, -0.25) is 4.79 Å². The number of hydrogen-bond donors (Lipinski definition) is 1. The van der Waals surface area contributed by atoms with Crippen LogP contribution < -0.4 is 0 Å². The summed E-state index contributed by atoms with van der Waals surface area (Å²) >= 11 is 0. The van der Waals surface area contributed by atoms with E-state index in [1.165, 1.54) is 0 Å². The maximum absolute atomic E-state index is 12.1. The maximum Gasteiger partial charge on any atom is 0.332 e. The van der Waals surface area contributed by atoms with Gasteiger partial charge in [0.25, 0.3) is 5.91 Å². The lowest BCUT2D eigenvalue weighted by Gasteiger charge is -2.24. The van der Waals surface area contributed by atoms with Crippen molar-refractivity contribution in [2.24, 2.45) is 5.92 Å². The number of carbonyl (C=O) groups is 2. The number of hydrogen-bond acceptors (Lipinski definition) is 4. The summed E-state index contributed by atoms with van der Waals surface area (Å²) in [6, 6.07) is 2.07. The molecule has 1 heterocycles. The van der Waals surface area contributed by atoms with Gasteiger partial charge in [0.05, 0.1) is 12.0 Å². The van der Waals surface area contributed by atoms with Crippen molar-refractivity contribution < 1.29 is 19.4 Å². The molecule has 6 heteroatoms. The summed E-state index contributed by atoms with van der Waals surface area (Å²) in [5, 5.41) is 17.5. The molecular weight excluding hydrogens is 236 g/mol. The number of carbonyl (C=O) groups excluding carboxylic acids is 1. The molecule has 1 rings (SSSR count). The van der Waals surface area contributed by atoms with Crippen molar-refractivity contribution in [1.82, 2.24) is 4.90 Å². The van der Waals surface area contributed by atoms with Crippen LogP contribution in [0.25, 0.3) is 0 Å². The first-order chi connectivity index (χ1) is 8.49. The fraction of sp³-hybridized carbons (Fsp3) is 0.750. The quantitative estimate of drug-likeness (QED) is 0.777. The lowest BCUT2D eigenvalue weighted by molar-refractivity contribution is -0.154. The number of likely N-dealkylation sites (N-methyl/N-ethyl adjacent to an activating group) is 1. The second kappa shape index (κ2) is 6.36. The molecular formula is C12H18N2O4. The molecule has 0 aromatic heterocycles. The van der Waals surface area contributed by atoms with E-state index in [-0.39, 0.29) is 11.8 Å². The van der Waals surface area contributed by atoms with Crippen molar-refractivity contribution >= 4 is 11.9 Å². The van der Waals surface area contributed by atoms with Crippen LogP contribution in [0.1, 0.15) is 26.7 Å². The molecule has 1 aliphatic rings. The summed E-state index contributed by atoms with van der Waals surface area (Å²) in [4.78, 5) is 24.4. The summed E-state index contributed by atoms with van der Waals surface area (Å²) < 4.78 is 5.21. The van der Waals surface area contributed by atoms with Crippen molar-refractivity contribution in [2.45, 2.75) is 38.9 Å². The average Bonchev–Trinajstić information content (AvgIpc) is 2.84. The van der Waals surface area contributed by atoms with Gasteiger partial charge in [0.1, 0.15) is 6.10 Å². The summed E-state index contributed by atoms with van der Waals surface area (Å²) in [5.74, 6) is -1.49. The SMILES string of the molecule is CCN(CC(C)C#N)C(=O)C1CCC(C(=O)O)O1. The molecule has 3 atom stereocenters. The zero-order valence-electron chi connectivity index (χ0n) is 10.6. The highest BCUT2D eigenvalue weighted by Gasteiger charge is 2.36. The van der Waals surface area contributed by atoms with Crippen LogP contribution in [-0.4, -0.2) is 47.2 Å². The molecule has 0 aliphatic carbocycles. The third-order valence-electron chi connectivity index (χ3n) is 2.98. The Balaban J connectivity index is 2.58. The zero-order valence-corrected chi connectivity index (χ0v) is 10.6. The predicted octanol–water partition coefficient (Wildman–Crippen LogP) is 0.627. The van der Waals surface area contributed by atoms with Gasteiger partial charge < -0.3 is 14.7 Å². The highest BCUT2D eigenvalue weighted by Crippen LogP contribution is 2.22. The van der Waals surface area contributed by atoms with Gasteiger partial charge in [-0.25, -0.2) is 4.79 Å². The number of ether oxygens (including phenoxy) is 1. The highest BCUT2D eigenvalue weighted by atomic mass is 16.5. The molecule has 100 valence electrons. The minimum Gasteiger partial charge on any atom is -0.479 e. The van der Waals surface area contributed by atoms with E-state index >= 15 is 0 Å². The van der Waals surface area contributed by atoms with Gasteiger partial charge in [-0.05, 0) is 26.7 Å². The maximum atomic E-state index is 12.1. The molecule has 6 nitrogen and oxygen atoms in total. The predicted molar refractivity (Wildman–Crippen MR) is 62.6 cm³/mol. The molecule has 1 saturated heterocycles. The topological polar surface area (TPSA) is 90.6 Å². The molecule has 0 bridgehead atoms. The Bertz CT molecular complexity index is 364. The van der Waals surface area contributed by atoms with Crippen molar-refractivity contribution in [2.75, 3.05) is 13.1 Å². The summed E-state index contributed by atoms with van der Waals surface area (Å²) in [6.45, 7) is 4.41. The van der Waals surface area contributed by atoms with Crippen molar-refractivity contribution in [3.63, 3.8) is 0 Å². The summed E-state index contributed by atoms with van der Waals surface area (Å²) in [7, 11) is 0. The Hall–Kier alpha value is -1.61. The van der Waals surface area contributed by atoms with Gasteiger partial charge in [-0.1, -0.05) is 0 Å². The minimum absolute atomic E-state index is 0.219. The third-order valence-corrected chi connectivity index (χ3v) is 2.98. The van der Waals surface area contributed by atoms with E-state index in [0.29, 0.717) is 25.9 Å². The molecule has 0 aromatic carbocycles. The number of nitrogens with zero attached hydrogens (tertiary/aromatic N) is 2. The van der Waals surface area contributed by atoms with Crippen LogP contribution >= 0.6 is 0 Å². The van der Waals surface area contributed by atoms with Crippen LogP contribution in [0.2, 0.25) is 0 Å². The van der Waals surface area contributed by atoms with Crippen LogP contribution in [0.5, 0.6) is 0 Å². The van der Waals surface area contributed by atoms with E-state index in [0.717, 1.165) is 0 Å². The smallest absolute Gasteiger partial charge is 0.332 e. The van der Waals surface area contributed by atoms with Crippen LogP contribution in [-0.2, 0) is 14.3 Å². The molecule has 0 radical (unpaired) electrons. The first-order valence-electron chi connectivity index (χ1n) is 6.06. The number of carboxylic acids is 1. The van der Waals surface area contributed by atoms with Gasteiger partial charge in [0, 0.05) is 13.1 Å². The Morgan fingerprint density at radius 1 is 1.50 bits per heavy atom. The third kappa shape index (κ3) is 3.44. The Morgan fingerprint density at radius 2 is 2.11 bits per heavy atom. The second-order valence-corrected chi connectivity index (χ2v) is 4.44. The zero-order chi connectivity index (χ0) is 13.7. The number of amides is 1. The Labute approximate surface area is 106 Å². The molecule has 1 N–H and O–H groups in total. The van der Waals surface area contributed by atoms with Crippen LogP contribution in [0.15, 0.2) is 0 Å². The lowest BCUT2D eigenvalue weighted by atomic mass is 10.1. The van der Waals surface area contributed by atoms with Gasteiger partial charge in [0.15, 0.2) is 6.10 Å². The molecule has 0 aromatic rings. The molecule has 1 fully saturated rings. The van der Waals surface area contributed by atoms with E-state index in [1.807, 2.05) is 6.92 Å². The molecule has 0 spiro atoms. The van der Waals surface area contributed by atoms with Crippen LogP contribution in [0, 0.1) is 17.2 Å².